The lowest BCUT2D eigenvalue weighted by Gasteiger charge is -2.15. The van der Waals surface area contributed by atoms with Gasteiger partial charge < -0.3 is 9.88 Å². The largest absolute Gasteiger partial charge is 0.309 e. The van der Waals surface area contributed by atoms with Crippen molar-refractivity contribution < 1.29 is 0 Å². The molecule has 4 heteroatoms. The van der Waals surface area contributed by atoms with E-state index in [1.165, 1.54) is 17.7 Å². The first-order chi connectivity index (χ1) is 8.75. The molecule has 0 spiro atoms. The average Bonchev–Trinajstić information content (AvgIpc) is 3.00. The van der Waals surface area contributed by atoms with Crippen LogP contribution in [0.25, 0.3) is 5.69 Å². The first-order valence-electron chi connectivity index (χ1n) is 6.28. The third-order valence-corrected chi connectivity index (χ3v) is 3.77. The molecule has 3 rings (SSSR count). The number of halogens is 1. The highest BCUT2D eigenvalue weighted by Gasteiger charge is 2.20. The molecule has 0 aliphatic carbocycles. The lowest BCUT2D eigenvalue weighted by Crippen LogP contribution is -2.16. The zero-order valence-corrected chi connectivity index (χ0v) is 11.1. The summed E-state index contributed by atoms with van der Waals surface area (Å²) in [6, 6.07) is 6.46. The van der Waals surface area contributed by atoms with Crippen LogP contribution < -0.4 is 5.32 Å². The lowest BCUT2D eigenvalue weighted by atomic mass is 10.1. The number of aromatic nitrogens is 2. The summed E-state index contributed by atoms with van der Waals surface area (Å²) in [5.41, 5.74) is 3.41. The molecule has 1 aromatic carbocycles. The van der Waals surface area contributed by atoms with Crippen molar-refractivity contribution in [3.8, 4) is 5.69 Å². The Balaban J connectivity index is 2.06. The van der Waals surface area contributed by atoms with Crippen LogP contribution >= 0.6 is 11.6 Å². The molecule has 1 atom stereocenters. The molecule has 2 heterocycles. The predicted molar refractivity (Wildman–Crippen MR) is 73.3 cm³/mol. The van der Waals surface area contributed by atoms with Gasteiger partial charge in [0.25, 0.3) is 0 Å². The normalized spacial score (nSPS) is 19.3. The van der Waals surface area contributed by atoms with E-state index in [1.54, 1.807) is 0 Å². The summed E-state index contributed by atoms with van der Waals surface area (Å²) in [7, 11) is 0. The van der Waals surface area contributed by atoms with Gasteiger partial charge in [-0.05, 0) is 44.0 Å². The Morgan fingerprint density at radius 1 is 1.44 bits per heavy atom. The van der Waals surface area contributed by atoms with Crippen LogP contribution in [0.1, 0.15) is 30.1 Å². The number of hydrogen-bond acceptors (Lipinski definition) is 2. The Morgan fingerprint density at radius 3 is 3.11 bits per heavy atom. The molecule has 1 aliphatic heterocycles. The standard InChI is InChI=1S/C14H16ClN3/c1-10-4-5-11(15)13(7-10)18-9-16-8-14(18)12-3-2-6-17-12/h4-5,7-9,12,17H,2-3,6H2,1H3. The third-order valence-electron chi connectivity index (χ3n) is 3.45. The molecule has 0 saturated carbocycles. The highest BCUT2D eigenvalue weighted by atomic mass is 35.5. The second-order valence-electron chi connectivity index (χ2n) is 4.79. The Kier molecular flexibility index (Phi) is 3.10. The van der Waals surface area contributed by atoms with E-state index >= 15 is 0 Å². The summed E-state index contributed by atoms with van der Waals surface area (Å²) in [5.74, 6) is 0. The highest BCUT2D eigenvalue weighted by Crippen LogP contribution is 2.28. The summed E-state index contributed by atoms with van der Waals surface area (Å²) in [6.07, 6.45) is 6.16. The monoisotopic (exact) mass is 261 g/mol. The van der Waals surface area contributed by atoms with Crippen LogP contribution in [0, 0.1) is 6.92 Å². The van der Waals surface area contributed by atoms with Crippen LogP contribution in [0.4, 0.5) is 0 Å². The van der Waals surface area contributed by atoms with Crippen LogP contribution in [-0.4, -0.2) is 16.1 Å². The minimum absolute atomic E-state index is 0.393. The van der Waals surface area contributed by atoms with Gasteiger partial charge in [0.05, 0.1) is 28.9 Å². The molecule has 0 amide bonds. The fraction of sp³-hybridized carbons (Fsp3) is 0.357. The van der Waals surface area contributed by atoms with Crippen LogP contribution in [0.15, 0.2) is 30.7 Å². The van der Waals surface area contributed by atoms with Gasteiger partial charge >= 0.3 is 0 Å². The molecule has 1 fully saturated rings. The van der Waals surface area contributed by atoms with Gasteiger partial charge in [0.15, 0.2) is 0 Å². The number of hydrogen-bond donors (Lipinski definition) is 1. The minimum atomic E-state index is 0.393. The second kappa shape index (κ2) is 4.75. The van der Waals surface area contributed by atoms with Crippen LogP contribution in [-0.2, 0) is 0 Å². The number of nitrogens with zero attached hydrogens (tertiary/aromatic N) is 2. The SMILES string of the molecule is Cc1ccc(Cl)c(-n2cncc2C2CCCN2)c1. The summed E-state index contributed by atoms with van der Waals surface area (Å²) >= 11 is 6.30. The maximum atomic E-state index is 6.30. The molecule has 1 saturated heterocycles. The highest BCUT2D eigenvalue weighted by molar-refractivity contribution is 6.32. The molecule has 0 radical (unpaired) electrons. The Labute approximate surface area is 112 Å². The molecular formula is C14H16ClN3. The van der Waals surface area contributed by atoms with Gasteiger partial charge in [-0.3, -0.25) is 0 Å². The van der Waals surface area contributed by atoms with Gasteiger partial charge in [0, 0.05) is 6.04 Å². The average molecular weight is 262 g/mol. The maximum absolute atomic E-state index is 6.30. The van der Waals surface area contributed by atoms with E-state index < -0.39 is 0 Å². The van der Waals surface area contributed by atoms with Crippen molar-refractivity contribution >= 4 is 11.6 Å². The zero-order chi connectivity index (χ0) is 12.5. The van der Waals surface area contributed by atoms with Crippen LogP contribution in [0.2, 0.25) is 5.02 Å². The summed E-state index contributed by atoms with van der Waals surface area (Å²) in [6.45, 7) is 3.15. The Hall–Kier alpha value is -1.32. The molecule has 18 heavy (non-hydrogen) atoms. The van der Waals surface area contributed by atoms with Crippen molar-refractivity contribution in [2.24, 2.45) is 0 Å². The van der Waals surface area contributed by atoms with Crippen LogP contribution in [0.5, 0.6) is 0 Å². The van der Waals surface area contributed by atoms with Crippen molar-refractivity contribution in [1.82, 2.24) is 14.9 Å². The van der Waals surface area contributed by atoms with E-state index in [1.807, 2.05) is 24.7 Å². The Bertz CT molecular complexity index is 556. The number of imidazole rings is 1. The quantitative estimate of drug-likeness (QED) is 0.899. The third kappa shape index (κ3) is 2.04. The fourth-order valence-electron chi connectivity index (χ4n) is 2.51. The van der Waals surface area contributed by atoms with Crippen molar-refractivity contribution in [2.45, 2.75) is 25.8 Å². The molecule has 0 bridgehead atoms. The van der Waals surface area contributed by atoms with Gasteiger partial charge in [-0.2, -0.15) is 0 Å². The summed E-state index contributed by atoms with van der Waals surface area (Å²) in [5, 5.41) is 4.26. The van der Waals surface area contributed by atoms with Crippen LogP contribution in [0.3, 0.4) is 0 Å². The second-order valence-corrected chi connectivity index (χ2v) is 5.20. The maximum Gasteiger partial charge on any atom is 0.0995 e. The molecule has 3 nitrogen and oxygen atoms in total. The molecular weight excluding hydrogens is 246 g/mol. The minimum Gasteiger partial charge on any atom is -0.309 e. The van der Waals surface area contributed by atoms with E-state index in [2.05, 4.69) is 27.9 Å². The van der Waals surface area contributed by atoms with Crippen molar-refractivity contribution in [3.63, 3.8) is 0 Å². The van der Waals surface area contributed by atoms with Gasteiger partial charge in [-0.25, -0.2) is 4.98 Å². The van der Waals surface area contributed by atoms with E-state index in [4.69, 9.17) is 11.6 Å². The number of aryl methyl sites for hydroxylation is 1. The Morgan fingerprint density at radius 2 is 2.33 bits per heavy atom. The van der Waals surface area contributed by atoms with Gasteiger partial charge in [0.2, 0.25) is 0 Å². The molecule has 1 aromatic heterocycles. The molecule has 94 valence electrons. The van der Waals surface area contributed by atoms with Gasteiger partial charge in [0.1, 0.15) is 0 Å². The van der Waals surface area contributed by atoms with Gasteiger partial charge in [-0.15, -0.1) is 0 Å². The summed E-state index contributed by atoms with van der Waals surface area (Å²) < 4.78 is 2.10. The predicted octanol–water partition coefficient (Wildman–Crippen LogP) is 3.26. The lowest BCUT2D eigenvalue weighted by molar-refractivity contribution is 0.615. The molecule has 1 N–H and O–H groups in total. The van der Waals surface area contributed by atoms with E-state index in [9.17, 15) is 0 Å². The first kappa shape index (κ1) is 11.8. The number of benzene rings is 1. The molecule has 1 unspecified atom stereocenters. The zero-order valence-electron chi connectivity index (χ0n) is 10.4. The van der Waals surface area contributed by atoms with Crippen molar-refractivity contribution in [2.75, 3.05) is 6.54 Å². The van der Waals surface area contributed by atoms with Gasteiger partial charge in [-0.1, -0.05) is 17.7 Å². The van der Waals surface area contributed by atoms with E-state index in [0.29, 0.717) is 6.04 Å². The van der Waals surface area contributed by atoms with Crippen molar-refractivity contribution in [3.05, 3.63) is 47.0 Å². The molecule has 2 aromatic rings. The summed E-state index contributed by atoms with van der Waals surface area (Å²) in [4.78, 5) is 4.28. The number of rotatable bonds is 2. The first-order valence-corrected chi connectivity index (χ1v) is 6.65. The number of nitrogens with one attached hydrogen (secondary N) is 1. The van der Waals surface area contributed by atoms with Crippen molar-refractivity contribution in [1.29, 1.82) is 0 Å². The topological polar surface area (TPSA) is 29.9 Å². The fourth-order valence-corrected chi connectivity index (χ4v) is 2.72. The molecule has 1 aliphatic rings. The smallest absolute Gasteiger partial charge is 0.0995 e. The van der Waals surface area contributed by atoms with E-state index in [-0.39, 0.29) is 0 Å². The van der Waals surface area contributed by atoms with E-state index in [0.717, 1.165) is 23.7 Å².